The van der Waals surface area contributed by atoms with Crippen molar-refractivity contribution in [3.63, 3.8) is 0 Å². The summed E-state index contributed by atoms with van der Waals surface area (Å²) in [4.78, 5) is 28.8. The molecule has 0 radical (unpaired) electrons. The number of carbonyl (C=O) groups excluding carboxylic acids is 2. The van der Waals surface area contributed by atoms with E-state index in [1.165, 1.54) is 11.3 Å². The number of ketones is 1. The summed E-state index contributed by atoms with van der Waals surface area (Å²) in [6, 6.07) is 18.2. The molecule has 2 aromatic carbocycles. The largest absolute Gasteiger partial charge is 0.298 e. The summed E-state index contributed by atoms with van der Waals surface area (Å²) in [5.41, 5.74) is 2.16. The van der Waals surface area contributed by atoms with Gasteiger partial charge in [-0.15, -0.1) is 11.8 Å². The van der Waals surface area contributed by atoms with Gasteiger partial charge in [0.25, 0.3) is 11.7 Å². The molecule has 1 heterocycles. The van der Waals surface area contributed by atoms with Crippen LogP contribution in [0.4, 0.5) is 5.13 Å². The summed E-state index contributed by atoms with van der Waals surface area (Å²) in [6.45, 7) is 0. The second-order valence-corrected chi connectivity index (χ2v) is 6.95. The van der Waals surface area contributed by atoms with E-state index in [9.17, 15) is 9.59 Å². The fourth-order valence-corrected chi connectivity index (χ4v) is 3.79. The van der Waals surface area contributed by atoms with Crippen molar-refractivity contribution in [1.29, 1.82) is 0 Å². The highest BCUT2D eigenvalue weighted by molar-refractivity contribution is 8.00. The highest BCUT2D eigenvalue weighted by Gasteiger charge is 2.19. The molecule has 1 aromatic heterocycles. The zero-order valence-corrected chi connectivity index (χ0v) is 14.5. The Hall–Kier alpha value is -2.44. The zero-order chi connectivity index (χ0) is 16.9. The number of carbonyl (C=O) groups is 2. The Morgan fingerprint density at radius 1 is 1.00 bits per heavy atom. The number of benzene rings is 2. The van der Waals surface area contributed by atoms with Crippen molar-refractivity contribution in [3.05, 3.63) is 66.2 Å². The van der Waals surface area contributed by atoms with Crippen LogP contribution in [0.5, 0.6) is 0 Å². The van der Waals surface area contributed by atoms with Crippen LogP contribution in [0.15, 0.2) is 64.9 Å². The van der Waals surface area contributed by atoms with Gasteiger partial charge in [-0.1, -0.05) is 72.0 Å². The number of rotatable bonds is 5. The number of nitrogens with zero attached hydrogens (tertiary/aromatic N) is 1. The molecule has 3 aromatic rings. The van der Waals surface area contributed by atoms with E-state index in [2.05, 4.69) is 10.3 Å². The van der Waals surface area contributed by atoms with E-state index in [0.29, 0.717) is 10.7 Å². The number of anilines is 1. The number of thiazole rings is 1. The molecule has 0 saturated heterocycles. The number of Topliss-reactive ketones (excluding diaryl/α,β-unsaturated/α-hetero) is 1. The minimum Gasteiger partial charge on any atom is -0.295 e. The minimum absolute atomic E-state index is 0.361. The van der Waals surface area contributed by atoms with Crippen LogP contribution in [-0.2, 0) is 4.79 Å². The van der Waals surface area contributed by atoms with Gasteiger partial charge in [0.15, 0.2) is 5.13 Å². The van der Waals surface area contributed by atoms with Crippen molar-refractivity contribution in [2.24, 2.45) is 0 Å². The summed E-state index contributed by atoms with van der Waals surface area (Å²) in [5, 5.41) is 3.03. The van der Waals surface area contributed by atoms with Crippen LogP contribution in [0, 0.1) is 0 Å². The minimum atomic E-state index is -0.679. The molecule has 0 unspecified atom stereocenters. The van der Waals surface area contributed by atoms with E-state index in [4.69, 9.17) is 0 Å². The fraction of sp³-hybridized carbons (Fsp3) is 0.0556. The molecule has 0 bridgehead atoms. The smallest absolute Gasteiger partial charge is 0.295 e. The summed E-state index contributed by atoms with van der Waals surface area (Å²) < 4.78 is 0.990. The third kappa shape index (κ3) is 3.55. The van der Waals surface area contributed by atoms with Gasteiger partial charge in [-0.3, -0.25) is 14.9 Å². The van der Waals surface area contributed by atoms with Gasteiger partial charge in [0.05, 0.1) is 9.90 Å². The monoisotopic (exact) mass is 354 g/mol. The first-order chi connectivity index (χ1) is 11.7. The lowest BCUT2D eigenvalue weighted by molar-refractivity contribution is -0.112. The van der Waals surface area contributed by atoms with Gasteiger partial charge < -0.3 is 0 Å². The molecule has 0 saturated carbocycles. The quantitative estimate of drug-likeness (QED) is 0.420. The first-order valence-corrected chi connectivity index (χ1v) is 9.24. The lowest BCUT2D eigenvalue weighted by atomic mass is 10.1. The molecule has 0 spiro atoms. The number of hydrogen-bond donors (Lipinski definition) is 1. The number of aromatic nitrogens is 1. The van der Waals surface area contributed by atoms with Crippen LogP contribution >= 0.6 is 23.1 Å². The second kappa shape index (κ2) is 7.42. The Morgan fingerprint density at radius 2 is 1.62 bits per heavy atom. The van der Waals surface area contributed by atoms with E-state index in [-0.39, 0.29) is 0 Å². The summed E-state index contributed by atoms with van der Waals surface area (Å²) in [6.07, 6.45) is 1.96. The van der Waals surface area contributed by atoms with Gasteiger partial charge in [0, 0.05) is 11.1 Å². The molecule has 0 fully saturated rings. The molecule has 0 aliphatic rings. The van der Waals surface area contributed by atoms with Crippen molar-refractivity contribution >= 4 is 39.9 Å². The Kier molecular flexibility index (Phi) is 5.08. The molecule has 24 heavy (non-hydrogen) atoms. The zero-order valence-electron chi connectivity index (χ0n) is 12.9. The van der Waals surface area contributed by atoms with Crippen molar-refractivity contribution in [1.82, 2.24) is 4.98 Å². The van der Waals surface area contributed by atoms with Crippen LogP contribution in [0.2, 0.25) is 0 Å². The lowest BCUT2D eigenvalue weighted by Gasteiger charge is -2.00. The van der Waals surface area contributed by atoms with Crippen LogP contribution < -0.4 is 5.32 Å². The first kappa shape index (κ1) is 16.4. The Balaban J connectivity index is 1.82. The summed E-state index contributed by atoms with van der Waals surface area (Å²) >= 11 is 2.93. The topological polar surface area (TPSA) is 59.1 Å². The van der Waals surface area contributed by atoms with Crippen LogP contribution in [-0.4, -0.2) is 22.9 Å². The average molecular weight is 354 g/mol. The van der Waals surface area contributed by atoms with Crippen LogP contribution in [0.3, 0.4) is 0 Å². The van der Waals surface area contributed by atoms with Gasteiger partial charge in [0.1, 0.15) is 0 Å². The van der Waals surface area contributed by atoms with E-state index in [1.807, 2.05) is 36.6 Å². The molecule has 0 atom stereocenters. The molecule has 0 aliphatic heterocycles. The van der Waals surface area contributed by atoms with Crippen molar-refractivity contribution in [3.8, 4) is 11.3 Å². The molecule has 4 nitrogen and oxygen atoms in total. The van der Waals surface area contributed by atoms with Crippen molar-refractivity contribution < 1.29 is 9.59 Å². The third-order valence-electron chi connectivity index (χ3n) is 3.29. The maximum atomic E-state index is 12.2. The normalized spacial score (nSPS) is 10.4. The van der Waals surface area contributed by atoms with Crippen molar-refractivity contribution in [2.45, 2.75) is 4.21 Å². The van der Waals surface area contributed by atoms with E-state index in [0.717, 1.165) is 15.5 Å². The Morgan fingerprint density at radius 3 is 2.25 bits per heavy atom. The lowest BCUT2D eigenvalue weighted by Crippen LogP contribution is -2.22. The molecule has 120 valence electrons. The predicted octanol–water partition coefficient (Wildman–Crippen LogP) is 4.35. The van der Waals surface area contributed by atoms with Gasteiger partial charge >= 0.3 is 0 Å². The highest BCUT2D eigenvalue weighted by atomic mass is 32.2. The predicted molar refractivity (Wildman–Crippen MR) is 98.7 cm³/mol. The standard InChI is InChI=1S/C18H14N2O2S2/c1-23-17-14(12-8-4-2-5-9-12)19-18(24-17)20-16(22)15(21)13-10-6-3-7-11-13/h2-11H,1H3,(H,19,20,22). The summed E-state index contributed by atoms with van der Waals surface area (Å²) in [5.74, 6) is -1.25. The fourth-order valence-electron chi connectivity index (χ4n) is 2.15. The second-order valence-electron chi connectivity index (χ2n) is 4.87. The molecular formula is C18H14N2O2S2. The SMILES string of the molecule is CSc1sc(NC(=O)C(=O)c2ccccc2)nc1-c1ccccc1. The van der Waals surface area contributed by atoms with Crippen molar-refractivity contribution in [2.75, 3.05) is 11.6 Å². The molecule has 6 heteroatoms. The number of amides is 1. The van der Waals surface area contributed by atoms with Crippen LogP contribution in [0.1, 0.15) is 10.4 Å². The number of nitrogens with one attached hydrogen (secondary N) is 1. The van der Waals surface area contributed by atoms with E-state index >= 15 is 0 Å². The van der Waals surface area contributed by atoms with E-state index in [1.54, 1.807) is 42.1 Å². The van der Waals surface area contributed by atoms with Gasteiger partial charge in [0.2, 0.25) is 0 Å². The molecule has 1 N–H and O–H groups in total. The Labute approximate surface area is 147 Å². The molecule has 3 rings (SSSR count). The highest BCUT2D eigenvalue weighted by Crippen LogP contribution is 2.37. The van der Waals surface area contributed by atoms with Crippen LogP contribution in [0.25, 0.3) is 11.3 Å². The van der Waals surface area contributed by atoms with E-state index < -0.39 is 11.7 Å². The molecule has 1 amide bonds. The van der Waals surface area contributed by atoms with Gasteiger partial charge in [-0.2, -0.15) is 0 Å². The maximum Gasteiger partial charge on any atom is 0.298 e. The Bertz CT molecular complexity index is 861. The summed E-state index contributed by atoms with van der Waals surface area (Å²) in [7, 11) is 0. The third-order valence-corrected chi connectivity index (χ3v) is 5.37. The molecular weight excluding hydrogens is 340 g/mol. The molecule has 0 aliphatic carbocycles. The number of thioether (sulfide) groups is 1. The average Bonchev–Trinajstić information content (AvgIpc) is 3.05. The van der Waals surface area contributed by atoms with Gasteiger partial charge in [-0.05, 0) is 6.26 Å². The maximum absolute atomic E-state index is 12.2. The van der Waals surface area contributed by atoms with Gasteiger partial charge in [-0.25, -0.2) is 4.98 Å². The number of hydrogen-bond acceptors (Lipinski definition) is 5. The first-order valence-electron chi connectivity index (χ1n) is 7.20.